The van der Waals surface area contributed by atoms with Crippen molar-refractivity contribution in [2.45, 2.75) is 40.0 Å². The monoisotopic (exact) mass is 354 g/mol. The molecule has 6 heteroatoms. The molecule has 5 nitrogen and oxygen atoms in total. The van der Waals surface area contributed by atoms with Crippen molar-refractivity contribution < 1.29 is 4.79 Å². The molecule has 0 saturated heterocycles. The van der Waals surface area contributed by atoms with Gasteiger partial charge in [-0.25, -0.2) is 9.97 Å². The lowest BCUT2D eigenvalue weighted by Crippen LogP contribution is -2.14. The summed E-state index contributed by atoms with van der Waals surface area (Å²) in [6, 6.07) is 8.30. The van der Waals surface area contributed by atoms with Gasteiger partial charge in [0.25, 0.3) is 0 Å². The number of aromatic nitrogens is 3. The highest BCUT2D eigenvalue weighted by molar-refractivity contribution is 7.12. The molecule has 0 radical (unpaired) electrons. The molecule has 1 aromatic carbocycles. The van der Waals surface area contributed by atoms with Crippen LogP contribution in [0.1, 0.15) is 37.6 Å². The Morgan fingerprint density at radius 1 is 1.24 bits per heavy atom. The molecule has 0 fully saturated rings. The molecular weight excluding hydrogens is 332 g/mol. The predicted molar refractivity (Wildman–Crippen MR) is 102 cm³/mol. The summed E-state index contributed by atoms with van der Waals surface area (Å²) in [5.41, 5.74) is 3.23. The van der Waals surface area contributed by atoms with Crippen LogP contribution in [0.2, 0.25) is 0 Å². The second kappa shape index (κ2) is 7.61. The Kier molecular flexibility index (Phi) is 5.28. The summed E-state index contributed by atoms with van der Waals surface area (Å²) in [6.07, 6.45) is 4.09. The molecule has 0 aliphatic carbocycles. The van der Waals surface area contributed by atoms with Crippen molar-refractivity contribution in [3.8, 4) is 16.4 Å². The van der Waals surface area contributed by atoms with E-state index in [1.54, 1.807) is 17.5 Å². The summed E-state index contributed by atoms with van der Waals surface area (Å²) in [5.74, 6) is 1.48. The molecule has 130 valence electrons. The van der Waals surface area contributed by atoms with Crippen LogP contribution in [0, 0.1) is 13.8 Å². The number of anilines is 1. The lowest BCUT2D eigenvalue weighted by molar-refractivity contribution is -0.116. The van der Waals surface area contributed by atoms with E-state index in [9.17, 15) is 4.79 Å². The largest absolute Gasteiger partial charge is 0.310 e. The van der Waals surface area contributed by atoms with Gasteiger partial charge in [0.15, 0.2) is 5.13 Å². The molecule has 0 spiro atoms. The number of aryl methyl sites for hydroxylation is 2. The molecule has 1 amide bonds. The minimum atomic E-state index is 0.0123. The number of hydrogen-bond donors (Lipinski definition) is 1. The first-order chi connectivity index (χ1) is 12.1. The third kappa shape index (κ3) is 3.96. The summed E-state index contributed by atoms with van der Waals surface area (Å²) >= 11 is 1.54. The quantitative estimate of drug-likeness (QED) is 0.695. The average Bonchev–Trinajstić information content (AvgIpc) is 3.20. The van der Waals surface area contributed by atoms with Crippen molar-refractivity contribution in [2.75, 3.05) is 5.32 Å². The zero-order valence-electron chi connectivity index (χ0n) is 14.7. The Morgan fingerprint density at radius 3 is 2.72 bits per heavy atom. The molecule has 0 unspecified atom stereocenters. The van der Waals surface area contributed by atoms with E-state index < -0.39 is 0 Å². The maximum Gasteiger partial charge on any atom is 0.225 e. The summed E-state index contributed by atoms with van der Waals surface area (Å²) in [7, 11) is 0. The number of carbonyl (C=O) groups excluding carboxylic acids is 1. The van der Waals surface area contributed by atoms with Crippen molar-refractivity contribution >= 4 is 23.1 Å². The average molecular weight is 354 g/mol. The number of thiazole rings is 1. The van der Waals surface area contributed by atoms with Crippen molar-refractivity contribution in [3.05, 3.63) is 47.2 Å². The first-order valence-electron chi connectivity index (χ1n) is 8.45. The number of nitrogens with one attached hydrogen (secondary N) is 1. The van der Waals surface area contributed by atoms with Crippen LogP contribution in [-0.2, 0) is 4.79 Å². The second-order valence-electron chi connectivity index (χ2n) is 6.06. The Balaban J connectivity index is 1.86. The maximum atomic E-state index is 12.1. The first kappa shape index (κ1) is 17.4. The smallest absolute Gasteiger partial charge is 0.225 e. The fourth-order valence-corrected chi connectivity index (χ4v) is 3.43. The van der Waals surface area contributed by atoms with Crippen LogP contribution in [-0.4, -0.2) is 20.4 Å². The molecule has 0 aliphatic heterocycles. The van der Waals surface area contributed by atoms with Crippen LogP contribution in [0.15, 0.2) is 35.8 Å². The topological polar surface area (TPSA) is 59.8 Å². The molecule has 3 rings (SSSR count). The van der Waals surface area contributed by atoms with Crippen molar-refractivity contribution in [3.63, 3.8) is 0 Å². The lowest BCUT2D eigenvalue weighted by Gasteiger charge is -2.08. The minimum absolute atomic E-state index is 0.0123. The van der Waals surface area contributed by atoms with Crippen LogP contribution >= 0.6 is 11.3 Å². The molecule has 3 aromatic rings. The third-order valence-electron chi connectivity index (χ3n) is 3.99. The van der Waals surface area contributed by atoms with E-state index >= 15 is 0 Å². The van der Waals surface area contributed by atoms with Crippen LogP contribution in [0.5, 0.6) is 0 Å². The van der Waals surface area contributed by atoms with Gasteiger partial charge in [-0.3, -0.25) is 9.36 Å². The molecule has 0 atom stereocenters. The Hall–Kier alpha value is -2.47. The summed E-state index contributed by atoms with van der Waals surface area (Å²) < 4.78 is 1.90. The molecule has 1 N–H and O–H groups in total. The molecule has 2 heterocycles. The Morgan fingerprint density at radius 2 is 2.00 bits per heavy atom. The van der Waals surface area contributed by atoms with Crippen molar-refractivity contribution in [1.29, 1.82) is 0 Å². The van der Waals surface area contributed by atoms with Gasteiger partial charge in [-0.15, -0.1) is 11.3 Å². The minimum Gasteiger partial charge on any atom is -0.310 e. The van der Waals surface area contributed by atoms with Gasteiger partial charge in [-0.2, -0.15) is 0 Å². The predicted octanol–water partition coefficient (Wildman–Crippen LogP) is 4.74. The molecular formula is C19H22N4OS. The Labute approximate surface area is 151 Å². The molecule has 25 heavy (non-hydrogen) atoms. The summed E-state index contributed by atoms with van der Waals surface area (Å²) in [4.78, 5) is 21.1. The highest BCUT2D eigenvalue weighted by Crippen LogP contribution is 2.27. The van der Waals surface area contributed by atoms with E-state index in [1.165, 1.54) is 5.56 Å². The van der Waals surface area contributed by atoms with Gasteiger partial charge >= 0.3 is 0 Å². The number of nitrogens with zero attached hydrogens (tertiary/aromatic N) is 3. The van der Waals surface area contributed by atoms with E-state index in [2.05, 4.69) is 48.4 Å². The SMILES string of the molecule is CCCCC(=O)Nc1cnc(C)n1-c1nc(-c2ccc(C)cc2)cs1. The molecule has 2 aromatic heterocycles. The fraction of sp³-hybridized carbons (Fsp3) is 0.316. The highest BCUT2D eigenvalue weighted by atomic mass is 32.1. The van der Waals surface area contributed by atoms with Gasteiger partial charge in [-0.1, -0.05) is 43.2 Å². The number of benzene rings is 1. The van der Waals surface area contributed by atoms with E-state index in [0.717, 1.165) is 35.1 Å². The molecule has 0 saturated carbocycles. The van der Waals surface area contributed by atoms with E-state index in [-0.39, 0.29) is 5.91 Å². The molecule has 0 aliphatic rings. The fourth-order valence-electron chi connectivity index (χ4n) is 2.54. The standard InChI is InChI=1S/C19H22N4OS/c1-4-5-6-18(24)22-17-11-20-14(3)23(17)19-21-16(12-25-19)15-9-7-13(2)8-10-15/h7-12H,4-6H2,1-3H3,(H,22,24). The normalized spacial score (nSPS) is 10.8. The van der Waals surface area contributed by atoms with Gasteiger partial charge in [0.05, 0.1) is 11.9 Å². The van der Waals surface area contributed by atoms with Gasteiger partial charge in [-0.05, 0) is 20.3 Å². The van der Waals surface area contributed by atoms with Crippen LogP contribution < -0.4 is 5.32 Å². The van der Waals surface area contributed by atoms with Crippen LogP contribution in [0.25, 0.3) is 16.4 Å². The van der Waals surface area contributed by atoms with Crippen LogP contribution in [0.4, 0.5) is 5.82 Å². The number of unbranched alkanes of at least 4 members (excludes halogenated alkanes) is 1. The van der Waals surface area contributed by atoms with Crippen LogP contribution in [0.3, 0.4) is 0 Å². The second-order valence-corrected chi connectivity index (χ2v) is 6.90. The summed E-state index contributed by atoms with van der Waals surface area (Å²) in [6.45, 7) is 6.05. The van der Waals surface area contributed by atoms with Gasteiger partial charge in [0.1, 0.15) is 11.6 Å². The molecule has 0 bridgehead atoms. The Bertz CT molecular complexity index is 864. The van der Waals surface area contributed by atoms with Gasteiger partial charge in [0, 0.05) is 17.4 Å². The van der Waals surface area contributed by atoms with E-state index in [0.29, 0.717) is 12.2 Å². The zero-order valence-corrected chi connectivity index (χ0v) is 15.6. The lowest BCUT2D eigenvalue weighted by atomic mass is 10.1. The number of amides is 1. The van der Waals surface area contributed by atoms with Crippen molar-refractivity contribution in [2.24, 2.45) is 0 Å². The number of hydrogen-bond acceptors (Lipinski definition) is 4. The summed E-state index contributed by atoms with van der Waals surface area (Å²) in [5, 5.41) is 5.78. The van der Waals surface area contributed by atoms with Gasteiger partial charge in [0.2, 0.25) is 5.91 Å². The van der Waals surface area contributed by atoms with Gasteiger partial charge < -0.3 is 5.32 Å². The van der Waals surface area contributed by atoms with E-state index in [1.807, 2.05) is 16.9 Å². The number of carbonyl (C=O) groups is 1. The zero-order chi connectivity index (χ0) is 17.8. The van der Waals surface area contributed by atoms with Crippen molar-refractivity contribution in [1.82, 2.24) is 14.5 Å². The first-order valence-corrected chi connectivity index (χ1v) is 9.33. The third-order valence-corrected chi connectivity index (χ3v) is 4.82. The van der Waals surface area contributed by atoms with E-state index in [4.69, 9.17) is 4.98 Å². The highest BCUT2D eigenvalue weighted by Gasteiger charge is 2.15. The maximum absolute atomic E-state index is 12.1. The number of imidazole rings is 1. The number of rotatable bonds is 6.